The second-order valence-electron chi connectivity index (χ2n) is 6.10. The van der Waals surface area contributed by atoms with Crippen molar-refractivity contribution in [1.82, 2.24) is 0 Å². The highest BCUT2D eigenvalue weighted by Crippen LogP contribution is 2.39. The zero-order chi connectivity index (χ0) is 22.1. The van der Waals surface area contributed by atoms with Crippen LogP contribution in [0.4, 0.5) is 30.2 Å². The van der Waals surface area contributed by atoms with Gasteiger partial charge in [-0.25, -0.2) is 0 Å². The SMILES string of the molecule is O=C(CCl)Nc1cc(C(=O)Nc2cc(Cl)cc3c2OCC(=O)N3)cc(C(F)(F)F)c1. The zero-order valence-electron chi connectivity index (χ0n) is 14.8. The van der Waals surface area contributed by atoms with Crippen molar-refractivity contribution in [2.45, 2.75) is 6.18 Å². The summed E-state index contributed by atoms with van der Waals surface area (Å²) in [6.45, 7) is -0.310. The second kappa shape index (κ2) is 8.41. The summed E-state index contributed by atoms with van der Waals surface area (Å²) in [5.41, 5.74) is -1.53. The normalized spacial score (nSPS) is 13.0. The molecule has 0 radical (unpaired) electrons. The van der Waals surface area contributed by atoms with Crippen LogP contribution in [0.5, 0.6) is 5.75 Å². The van der Waals surface area contributed by atoms with Crippen molar-refractivity contribution in [3.8, 4) is 5.75 Å². The van der Waals surface area contributed by atoms with E-state index in [9.17, 15) is 27.6 Å². The lowest BCUT2D eigenvalue weighted by atomic mass is 10.1. The van der Waals surface area contributed by atoms with E-state index < -0.39 is 35.3 Å². The first-order valence-corrected chi connectivity index (χ1v) is 9.13. The molecule has 3 N–H and O–H groups in total. The van der Waals surface area contributed by atoms with Crippen molar-refractivity contribution >= 4 is 58.0 Å². The summed E-state index contributed by atoms with van der Waals surface area (Å²) in [5.74, 6) is -2.47. The van der Waals surface area contributed by atoms with Gasteiger partial charge in [-0.1, -0.05) is 11.6 Å². The molecule has 1 aliphatic heterocycles. The quantitative estimate of drug-likeness (QED) is 0.596. The van der Waals surface area contributed by atoms with Gasteiger partial charge in [0.15, 0.2) is 12.4 Å². The first-order valence-electron chi connectivity index (χ1n) is 8.22. The molecule has 0 aromatic heterocycles. The summed E-state index contributed by atoms with van der Waals surface area (Å²) in [4.78, 5) is 35.6. The van der Waals surface area contributed by atoms with Gasteiger partial charge < -0.3 is 20.7 Å². The number of nitrogens with one attached hydrogen (secondary N) is 3. The Balaban J connectivity index is 1.96. The maximum absolute atomic E-state index is 13.2. The fourth-order valence-corrected chi connectivity index (χ4v) is 2.93. The number of ether oxygens (including phenoxy) is 1. The molecule has 0 atom stereocenters. The minimum absolute atomic E-state index is 0.0475. The summed E-state index contributed by atoms with van der Waals surface area (Å²) in [6, 6.07) is 5.09. The average Bonchev–Trinajstić information content (AvgIpc) is 2.66. The number of amides is 3. The zero-order valence-corrected chi connectivity index (χ0v) is 16.3. The van der Waals surface area contributed by atoms with E-state index in [1.165, 1.54) is 12.1 Å². The highest BCUT2D eigenvalue weighted by molar-refractivity contribution is 6.31. The van der Waals surface area contributed by atoms with E-state index in [1.807, 2.05) is 0 Å². The van der Waals surface area contributed by atoms with E-state index in [-0.39, 0.29) is 40.0 Å². The Labute approximate surface area is 177 Å². The van der Waals surface area contributed by atoms with Gasteiger partial charge in [0.25, 0.3) is 11.8 Å². The Hall–Kier alpha value is -2.98. The maximum atomic E-state index is 13.2. The van der Waals surface area contributed by atoms with Crippen molar-refractivity contribution < 1.29 is 32.3 Å². The van der Waals surface area contributed by atoms with Crippen LogP contribution >= 0.6 is 23.2 Å². The van der Waals surface area contributed by atoms with Crippen LogP contribution in [0.2, 0.25) is 5.02 Å². The van der Waals surface area contributed by atoms with Crippen LogP contribution in [0.25, 0.3) is 0 Å². The maximum Gasteiger partial charge on any atom is 0.416 e. The van der Waals surface area contributed by atoms with Gasteiger partial charge in [0.05, 0.1) is 16.9 Å². The van der Waals surface area contributed by atoms with Gasteiger partial charge in [0.2, 0.25) is 5.91 Å². The van der Waals surface area contributed by atoms with E-state index in [4.69, 9.17) is 27.9 Å². The van der Waals surface area contributed by atoms with Gasteiger partial charge in [-0.05, 0) is 30.3 Å². The van der Waals surface area contributed by atoms with Gasteiger partial charge in [-0.15, -0.1) is 11.6 Å². The van der Waals surface area contributed by atoms with E-state index >= 15 is 0 Å². The first kappa shape index (κ1) is 21.7. The van der Waals surface area contributed by atoms with Crippen molar-refractivity contribution in [3.05, 3.63) is 46.5 Å². The molecule has 1 aliphatic rings. The highest BCUT2D eigenvalue weighted by atomic mass is 35.5. The number of alkyl halides is 4. The molecule has 0 bridgehead atoms. The van der Waals surface area contributed by atoms with Crippen molar-refractivity contribution in [2.24, 2.45) is 0 Å². The van der Waals surface area contributed by atoms with Crippen molar-refractivity contribution in [2.75, 3.05) is 28.4 Å². The van der Waals surface area contributed by atoms with Crippen LogP contribution in [0.15, 0.2) is 30.3 Å². The molecule has 0 aliphatic carbocycles. The number of carbonyl (C=O) groups is 3. The molecular formula is C18H12Cl2F3N3O4. The first-order chi connectivity index (χ1) is 14.1. The molecule has 1 heterocycles. The molecule has 0 spiro atoms. The molecule has 12 heteroatoms. The van der Waals surface area contributed by atoms with Crippen LogP contribution in [0.1, 0.15) is 15.9 Å². The number of hydrogen-bond donors (Lipinski definition) is 3. The third kappa shape index (κ3) is 4.95. The number of rotatable bonds is 4. The molecule has 3 rings (SSSR count). The predicted molar refractivity (Wildman–Crippen MR) is 104 cm³/mol. The summed E-state index contributed by atoms with van der Waals surface area (Å²) in [6.07, 6.45) is -4.76. The Morgan fingerprint density at radius 1 is 1.13 bits per heavy atom. The molecular weight excluding hydrogens is 450 g/mol. The highest BCUT2D eigenvalue weighted by Gasteiger charge is 2.32. The molecule has 0 unspecified atom stereocenters. The third-order valence-electron chi connectivity index (χ3n) is 3.85. The molecule has 2 aromatic carbocycles. The second-order valence-corrected chi connectivity index (χ2v) is 6.80. The topological polar surface area (TPSA) is 96.5 Å². The van der Waals surface area contributed by atoms with Gasteiger partial charge >= 0.3 is 6.18 Å². The summed E-state index contributed by atoms with van der Waals surface area (Å²) < 4.78 is 45.0. The Morgan fingerprint density at radius 2 is 1.87 bits per heavy atom. The Bertz CT molecular complexity index is 1040. The number of fused-ring (bicyclic) bond motifs is 1. The van der Waals surface area contributed by atoms with Crippen LogP contribution in [-0.2, 0) is 15.8 Å². The lowest BCUT2D eigenvalue weighted by molar-refractivity contribution is -0.137. The average molecular weight is 462 g/mol. The molecule has 0 saturated carbocycles. The molecule has 3 amide bonds. The summed E-state index contributed by atoms with van der Waals surface area (Å²) in [7, 11) is 0. The lowest BCUT2D eigenvalue weighted by Gasteiger charge is -2.21. The fraction of sp³-hybridized carbons (Fsp3) is 0.167. The smallest absolute Gasteiger partial charge is 0.416 e. The van der Waals surface area contributed by atoms with Gasteiger partial charge in [-0.2, -0.15) is 13.2 Å². The molecule has 30 heavy (non-hydrogen) atoms. The number of halogens is 5. The van der Waals surface area contributed by atoms with Gasteiger partial charge in [-0.3, -0.25) is 14.4 Å². The lowest BCUT2D eigenvalue weighted by Crippen LogP contribution is -2.26. The summed E-state index contributed by atoms with van der Waals surface area (Å²) in [5, 5.41) is 7.25. The van der Waals surface area contributed by atoms with E-state index in [1.54, 1.807) is 0 Å². The molecule has 0 fully saturated rings. The van der Waals surface area contributed by atoms with Crippen LogP contribution < -0.4 is 20.7 Å². The minimum Gasteiger partial charge on any atom is -0.479 e. The van der Waals surface area contributed by atoms with Gasteiger partial charge in [0, 0.05) is 16.3 Å². The monoisotopic (exact) mass is 461 g/mol. The predicted octanol–water partition coefficient (Wildman–Crippen LogP) is 4.12. The summed E-state index contributed by atoms with van der Waals surface area (Å²) >= 11 is 11.3. The standard InChI is InChI=1S/C18H12Cl2F3N3O4/c19-6-14(27)24-11-2-8(1-9(3-11)18(21,22)23)17(29)26-13-5-10(20)4-12-16(13)30-7-15(28)25-12/h1-5H,6-7H2,(H,24,27)(H,25,28)(H,26,29). The van der Waals surface area contributed by atoms with E-state index in [0.717, 1.165) is 6.07 Å². The fourth-order valence-electron chi connectivity index (χ4n) is 2.64. The third-order valence-corrected chi connectivity index (χ3v) is 4.31. The molecule has 158 valence electrons. The Kier molecular flexibility index (Phi) is 6.09. The Morgan fingerprint density at radius 3 is 2.53 bits per heavy atom. The largest absolute Gasteiger partial charge is 0.479 e. The van der Waals surface area contributed by atoms with Crippen molar-refractivity contribution in [3.63, 3.8) is 0 Å². The molecule has 0 saturated heterocycles. The molecule has 7 nitrogen and oxygen atoms in total. The van der Waals surface area contributed by atoms with E-state index in [2.05, 4.69) is 16.0 Å². The number of benzene rings is 2. The van der Waals surface area contributed by atoms with Crippen LogP contribution in [0.3, 0.4) is 0 Å². The van der Waals surface area contributed by atoms with E-state index in [0.29, 0.717) is 12.1 Å². The number of hydrogen-bond acceptors (Lipinski definition) is 4. The minimum atomic E-state index is -4.76. The number of anilines is 3. The van der Waals surface area contributed by atoms with Crippen molar-refractivity contribution in [1.29, 1.82) is 0 Å². The molecule has 2 aromatic rings. The van der Waals surface area contributed by atoms with Crippen LogP contribution in [-0.4, -0.2) is 30.2 Å². The number of carbonyl (C=O) groups excluding carboxylic acids is 3. The van der Waals surface area contributed by atoms with Gasteiger partial charge in [0.1, 0.15) is 5.88 Å². The van der Waals surface area contributed by atoms with Crippen LogP contribution in [0, 0.1) is 0 Å².